The molecule has 0 aliphatic carbocycles. The van der Waals surface area contributed by atoms with E-state index >= 15 is 0 Å². The summed E-state index contributed by atoms with van der Waals surface area (Å²) in [5.41, 5.74) is 0.883. The van der Waals surface area contributed by atoms with Gasteiger partial charge in [0, 0.05) is 25.8 Å². The number of carbonyl (C=O) groups excluding carboxylic acids is 1. The van der Waals surface area contributed by atoms with E-state index in [2.05, 4.69) is 10.2 Å². The molecule has 0 radical (unpaired) electrons. The number of rotatable bonds is 4. The van der Waals surface area contributed by atoms with Crippen molar-refractivity contribution < 1.29 is 14.3 Å². The monoisotopic (exact) mass is 319 g/mol. The summed E-state index contributed by atoms with van der Waals surface area (Å²) in [4.78, 5) is 14.4. The molecule has 1 amide bonds. The summed E-state index contributed by atoms with van der Waals surface area (Å²) < 4.78 is 11.3. The molecule has 0 spiro atoms. The molecule has 0 bridgehead atoms. The highest BCUT2D eigenvalue weighted by molar-refractivity contribution is 5.81. The molecule has 1 atom stereocenters. The largest absolute Gasteiger partial charge is 0.476 e. The molecule has 0 aromatic carbocycles. The van der Waals surface area contributed by atoms with Crippen molar-refractivity contribution in [2.75, 3.05) is 26.3 Å². The van der Waals surface area contributed by atoms with Crippen LogP contribution in [-0.4, -0.2) is 53.4 Å². The molecule has 1 aromatic rings. The molecule has 6 nitrogen and oxygen atoms in total. The number of hydrogen-bond donors (Lipinski definition) is 0. The average Bonchev–Trinajstić information content (AvgIpc) is 2.62. The summed E-state index contributed by atoms with van der Waals surface area (Å²) in [5.74, 6) is 1.22. The van der Waals surface area contributed by atoms with Crippen LogP contribution in [0.1, 0.15) is 37.8 Å². The first-order chi connectivity index (χ1) is 11.2. The van der Waals surface area contributed by atoms with Crippen molar-refractivity contribution in [2.24, 2.45) is 5.92 Å². The van der Waals surface area contributed by atoms with Crippen molar-refractivity contribution in [1.82, 2.24) is 15.1 Å². The van der Waals surface area contributed by atoms with Crippen LogP contribution in [-0.2, 0) is 9.53 Å². The first-order valence-electron chi connectivity index (χ1n) is 8.56. The summed E-state index contributed by atoms with van der Waals surface area (Å²) in [5, 5.41) is 8.00. The molecule has 3 rings (SSSR count). The first kappa shape index (κ1) is 16.2. The van der Waals surface area contributed by atoms with E-state index in [9.17, 15) is 4.79 Å². The van der Waals surface area contributed by atoms with Gasteiger partial charge in [-0.1, -0.05) is 0 Å². The van der Waals surface area contributed by atoms with Crippen LogP contribution in [0.5, 0.6) is 5.88 Å². The Labute approximate surface area is 137 Å². The Bertz CT molecular complexity index is 506. The Balaban J connectivity index is 1.41. The highest BCUT2D eigenvalue weighted by atomic mass is 16.5. The average molecular weight is 319 g/mol. The van der Waals surface area contributed by atoms with E-state index < -0.39 is 0 Å². The van der Waals surface area contributed by atoms with Gasteiger partial charge < -0.3 is 14.4 Å². The maximum absolute atomic E-state index is 12.4. The van der Waals surface area contributed by atoms with Crippen LogP contribution in [0.15, 0.2) is 12.1 Å². The number of ether oxygens (including phenoxy) is 2. The lowest BCUT2D eigenvalue weighted by molar-refractivity contribution is -0.148. The summed E-state index contributed by atoms with van der Waals surface area (Å²) >= 11 is 0. The number of carbonyl (C=O) groups is 1. The normalized spacial score (nSPS) is 22.8. The van der Waals surface area contributed by atoms with E-state index in [0.29, 0.717) is 18.4 Å². The van der Waals surface area contributed by atoms with Crippen LogP contribution in [0.4, 0.5) is 0 Å². The van der Waals surface area contributed by atoms with Crippen LogP contribution in [0.25, 0.3) is 0 Å². The second kappa shape index (κ2) is 7.73. The predicted octanol–water partition coefficient (Wildman–Crippen LogP) is 1.97. The predicted molar refractivity (Wildman–Crippen MR) is 85.2 cm³/mol. The number of nitrogens with zero attached hydrogens (tertiary/aromatic N) is 3. The Kier molecular flexibility index (Phi) is 5.43. The number of likely N-dealkylation sites (tertiary alicyclic amines) is 1. The molecule has 1 unspecified atom stereocenters. The van der Waals surface area contributed by atoms with Crippen molar-refractivity contribution in [2.45, 2.75) is 45.1 Å². The van der Waals surface area contributed by atoms with Gasteiger partial charge in [-0.15, -0.1) is 5.10 Å². The van der Waals surface area contributed by atoms with E-state index in [1.165, 1.54) is 0 Å². The Morgan fingerprint density at radius 1 is 1.26 bits per heavy atom. The molecule has 1 aromatic heterocycles. The second-order valence-corrected chi connectivity index (χ2v) is 6.45. The van der Waals surface area contributed by atoms with Gasteiger partial charge in [-0.2, -0.15) is 5.10 Å². The van der Waals surface area contributed by atoms with Crippen LogP contribution in [0.2, 0.25) is 0 Å². The lowest BCUT2D eigenvalue weighted by Crippen LogP contribution is -2.46. The van der Waals surface area contributed by atoms with E-state index in [0.717, 1.165) is 57.5 Å². The van der Waals surface area contributed by atoms with E-state index in [-0.39, 0.29) is 12.0 Å². The lowest BCUT2D eigenvalue weighted by atomic mass is 9.97. The molecule has 2 aliphatic heterocycles. The van der Waals surface area contributed by atoms with Gasteiger partial charge in [-0.05, 0) is 51.0 Å². The fraction of sp³-hybridized carbons (Fsp3) is 0.706. The molecular formula is C17H25N3O3. The van der Waals surface area contributed by atoms with Gasteiger partial charge >= 0.3 is 0 Å². The van der Waals surface area contributed by atoms with Gasteiger partial charge in [-0.25, -0.2) is 0 Å². The molecule has 6 heteroatoms. The maximum atomic E-state index is 12.4. The number of amides is 1. The highest BCUT2D eigenvalue weighted by Crippen LogP contribution is 2.22. The van der Waals surface area contributed by atoms with Gasteiger partial charge in [-0.3, -0.25) is 4.79 Å². The van der Waals surface area contributed by atoms with Crippen LogP contribution in [0.3, 0.4) is 0 Å². The Morgan fingerprint density at radius 3 is 2.74 bits per heavy atom. The third-order valence-corrected chi connectivity index (χ3v) is 4.62. The summed E-state index contributed by atoms with van der Waals surface area (Å²) in [6.45, 7) is 4.86. The minimum absolute atomic E-state index is 0.175. The zero-order chi connectivity index (χ0) is 16.1. The van der Waals surface area contributed by atoms with Crippen molar-refractivity contribution in [3.05, 3.63) is 17.8 Å². The standard InChI is InChI=1S/C17H25N3O3/c1-13-5-6-16(19-18-13)23-12-14-7-9-20(10-8-14)17(21)15-4-2-3-11-22-15/h5-6,14-15H,2-4,7-12H2,1H3. The van der Waals surface area contributed by atoms with Crippen molar-refractivity contribution >= 4 is 5.91 Å². The SMILES string of the molecule is Cc1ccc(OCC2CCN(C(=O)C3CCCCO3)CC2)nn1. The third-order valence-electron chi connectivity index (χ3n) is 4.62. The first-order valence-corrected chi connectivity index (χ1v) is 8.56. The van der Waals surface area contributed by atoms with Gasteiger partial charge in [0.15, 0.2) is 0 Å². The Hall–Kier alpha value is -1.69. The molecule has 23 heavy (non-hydrogen) atoms. The van der Waals surface area contributed by atoms with E-state index in [1.807, 2.05) is 24.0 Å². The molecule has 2 aliphatic rings. The molecule has 2 saturated heterocycles. The van der Waals surface area contributed by atoms with Crippen LogP contribution < -0.4 is 4.74 Å². The smallest absolute Gasteiger partial charge is 0.251 e. The summed E-state index contributed by atoms with van der Waals surface area (Å²) in [7, 11) is 0. The maximum Gasteiger partial charge on any atom is 0.251 e. The fourth-order valence-electron chi connectivity index (χ4n) is 3.13. The minimum Gasteiger partial charge on any atom is -0.476 e. The van der Waals surface area contributed by atoms with E-state index in [1.54, 1.807) is 0 Å². The molecule has 0 N–H and O–H groups in total. The quantitative estimate of drug-likeness (QED) is 0.849. The topological polar surface area (TPSA) is 64.5 Å². The van der Waals surface area contributed by atoms with Crippen molar-refractivity contribution in [3.63, 3.8) is 0 Å². The van der Waals surface area contributed by atoms with Gasteiger partial charge in [0.2, 0.25) is 5.88 Å². The van der Waals surface area contributed by atoms with Crippen LogP contribution >= 0.6 is 0 Å². The number of aryl methyl sites for hydroxylation is 1. The van der Waals surface area contributed by atoms with Gasteiger partial charge in [0.05, 0.1) is 12.3 Å². The molecule has 3 heterocycles. The highest BCUT2D eigenvalue weighted by Gasteiger charge is 2.30. The molecular weight excluding hydrogens is 294 g/mol. The fourth-order valence-corrected chi connectivity index (χ4v) is 3.13. The molecule has 2 fully saturated rings. The Morgan fingerprint density at radius 2 is 2.09 bits per heavy atom. The van der Waals surface area contributed by atoms with Crippen molar-refractivity contribution in [1.29, 1.82) is 0 Å². The number of piperidine rings is 1. The number of aromatic nitrogens is 2. The summed E-state index contributed by atoms with van der Waals surface area (Å²) in [6, 6.07) is 3.75. The summed E-state index contributed by atoms with van der Waals surface area (Å²) in [6.07, 6.45) is 4.77. The van der Waals surface area contributed by atoms with Crippen LogP contribution in [0, 0.1) is 12.8 Å². The number of hydrogen-bond acceptors (Lipinski definition) is 5. The van der Waals surface area contributed by atoms with Gasteiger partial charge in [0.1, 0.15) is 6.10 Å². The van der Waals surface area contributed by atoms with Gasteiger partial charge in [0.25, 0.3) is 5.91 Å². The lowest BCUT2D eigenvalue weighted by Gasteiger charge is -2.34. The zero-order valence-electron chi connectivity index (χ0n) is 13.7. The zero-order valence-corrected chi connectivity index (χ0v) is 13.7. The second-order valence-electron chi connectivity index (χ2n) is 6.45. The van der Waals surface area contributed by atoms with Crippen molar-refractivity contribution in [3.8, 4) is 5.88 Å². The minimum atomic E-state index is -0.209. The van der Waals surface area contributed by atoms with E-state index in [4.69, 9.17) is 9.47 Å². The molecule has 126 valence electrons. The third kappa shape index (κ3) is 4.41. The molecule has 0 saturated carbocycles.